The first-order valence-electron chi connectivity index (χ1n) is 8.84. The van der Waals surface area contributed by atoms with Crippen LogP contribution in [0.25, 0.3) is 0 Å². The second-order valence-electron chi connectivity index (χ2n) is 5.94. The third-order valence-corrected chi connectivity index (χ3v) is 6.03. The molecule has 0 aliphatic heterocycles. The lowest BCUT2D eigenvalue weighted by molar-refractivity contribution is -0.364. The highest BCUT2D eigenvalue weighted by Gasteiger charge is 2.24. The van der Waals surface area contributed by atoms with Gasteiger partial charge in [-0.25, -0.2) is 13.4 Å². The minimum absolute atomic E-state index is 0.225. The van der Waals surface area contributed by atoms with E-state index in [1.54, 1.807) is 30.5 Å². The van der Waals surface area contributed by atoms with Crippen molar-refractivity contribution in [2.75, 3.05) is 22.7 Å². The Balaban J connectivity index is 1.68. The van der Waals surface area contributed by atoms with Gasteiger partial charge in [0.15, 0.2) is 0 Å². The third kappa shape index (κ3) is 4.62. The van der Waals surface area contributed by atoms with Crippen LogP contribution in [-0.4, -0.2) is 26.5 Å². The van der Waals surface area contributed by atoms with Gasteiger partial charge in [-0.3, -0.25) is 14.6 Å². The van der Waals surface area contributed by atoms with Gasteiger partial charge in [0.2, 0.25) is 0 Å². The average Bonchev–Trinajstić information content (AvgIpc) is 2.70. The predicted octanol–water partition coefficient (Wildman–Crippen LogP) is 2.77. The van der Waals surface area contributed by atoms with Gasteiger partial charge in [0, 0.05) is 30.9 Å². The molecule has 3 aromatic rings. The van der Waals surface area contributed by atoms with Crippen LogP contribution in [0.5, 0.6) is 0 Å². The van der Waals surface area contributed by atoms with Gasteiger partial charge in [0.1, 0.15) is 11.1 Å². The predicted molar refractivity (Wildman–Crippen MR) is 106 cm³/mol. The number of rotatable bonds is 8. The zero-order valence-corrected chi connectivity index (χ0v) is 16.0. The van der Waals surface area contributed by atoms with E-state index >= 15 is 0 Å². The number of para-hydroxylation sites is 1. The molecule has 0 spiro atoms. The van der Waals surface area contributed by atoms with Crippen molar-refractivity contribution in [3.05, 3.63) is 78.8 Å². The molecular formula is C20H23N4O2S+. The maximum atomic E-state index is 13.0. The monoisotopic (exact) mass is 383 g/mol. The maximum Gasteiger partial charge on any atom is 0.272 e. The largest absolute Gasteiger partial charge is 0.274 e. The lowest BCUT2D eigenvalue weighted by Gasteiger charge is -2.22. The number of hydrogen-bond acceptors (Lipinski definition) is 4. The maximum absolute atomic E-state index is 13.0. The van der Waals surface area contributed by atoms with E-state index in [2.05, 4.69) is 15.3 Å². The minimum Gasteiger partial charge on any atom is -0.274 e. The molecule has 0 bridgehead atoms. The van der Waals surface area contributed by atoms with E-state index in [0.29, 0.717) is 18.8 Å². The normalized spacial score (nSPS) is 11.1. The Bertz CT molecular complexity index is 946. The van der Waals surface area contributed by atoms with Gasteiger partial charge in [0.25, 0.3) is 15.8 Å². The summed E-state index contributed by atoms with van der Waals surface area (Å²) in [6.45, 7) is 2.88. The van der Waals surface area contributed by atoms with Gasteiger partial charge in [-0.15, -0.1) is 0 Å². The molecule has 2 heterocycles. The van der Waals surface area contributed by atoms with E-state index in [1.165, 1.54) is 10.5 Å². The lowest BCUT2D eigenvalue weighted by atomic mass is 10.3. The summed E-state index contributed by atoms with van der Waals surface area (Å²) >= 11 is 0. The van der Waals surface area contributed by atoms with Crippen LogP contribution in [0.4, 0.5) is 11.5 Å². The molecule has 0 atom stereocenters. The molecule has 0 unspecified atom stereocenters. The Morgan fingerprint density at radius 3 is 2.44 bits per heavy atom. The molecule has 6 nitrogen and oxygen atoms in total. The Morgan fingerprint density at radius 1 is 1.04 bits per heavy atom. The number of benzene rings is 1. The fourth-order valence-corrected chi connectivity index (χ4v) is 4.21. The highest BCUT2D eigenvalue weighted by atomic mass is 32.2. The standard InChI is InChI=1S/C20H22N4O2S/c1-2-24(18-9-4-3-5-10-18)27(25,26)19-11-12-20(23-16-19)22-15-13-17-8-6-7-14-21-17/h3-12,14,16H,2,13,15H2,1H3,(H,22,23)/p+1. The molecule has 0 aliphatic rings. The van der Waals surface area contributed by atoms with Crippen LogP contribution in [-0.2, 0) is 16.4 Å². The zero-order chi connectivity index (χ0) is 19.1. The van der Waals surface area contributed by atoms with Crippen molar-refractivity contribution in [2.24, 2.45) is 0 Å². The molecule has 140 valence electrons. The molecule has 0 aliphatic carbocycles. The van der Waals surface area contributed by atoms with E-state index in [-0.39, 0.29) is 4.90 Å². The van der Waals surface area contributed by atoms with Gasteiger partial charge in [0.05, 0.1) is 12.2 Å². The number of sulfonamides is 1. The Hall–Kier alpha value is -2.93. The third-order valence-electron chi connectivity index (χ3n) is 4.13. The van der Waals surface area contributed by atoms with Crippen LogP contribution in [0.15, 0.2) is 78.0 Å². The highest BCUT2D eigenvalue weighted by molar-refractivity contribution is 7.92. The number of nitrogens with zero attached hydrogens (tertiary/aromatic N) is 2. The molecule has 3 rings (SSSR count). The van der Waals surface area contributed by atoms with E-state index in [9.17, 15) is 8.42 Å². The molecule has 1 aromatic carbocycles. The minimum atomic E-state index is -3.62. The topological polar surface area (TPSA) is 76.4 Å². The first-order chi connectivity index (χ1) is 13.1. The summed E-state index contributed by atoms with van der Waals surface area (Å²) < 4.78 is 27.3. The molecule has 27 heavy (non-hydrogen) atoms. The van der Waals surface area contributed by atoms with Gasteiger partial charge < -0.3 is 0 Å². The summed E-state index contributed by atoms with van der Waals surface area (Å²) in [6.07, 6.45) is 4.07. The van der Waals surface area contributed by atoms with E-state index in [4.69, 9.17) is 0 Å². The van der Waals surface area contributed by atoms with Crippen LogP contribution >= 0.6 is 0 Å². The van der Waals surface area contributed by atoms with E-state index in [0.717, 1.165) is 17.9 Å². The fourth-order valence-electron chi connectivity index (χ4n) is 2.77. The second kappa shape index (κ2) is 8.64. The van der Waals surface area contributed by atoms with Crippen LogP contribution in [0.1, 0.15) is 12.6 Å². The van der Waals surface area contributed by atoms with Crippen LogP contribution in [0.2, 0.25) is 0 Å². The van der Waals surface area contributed by atoms with Crippen molar-refractivity contribution in [3.63, 3.8) is 0 Å². The summed E-state index contributed by atoms with van der Waals surface area (Å²) in [5.74, 6) is 0.757. The lowest BCUT2D eigenvalue weighted by Crippen LogP contribution is -2.31. The van der Waals surface area contributed by atoms with Crippen molar-refractivity contribution in [2.45, 2.75) is 18.2 Å². The van der Waals surface area contributed by atoms with E-state index in [1.807, 2.05) is 43.3 Å². The molecule has 0 saturated heterocycles. The second-order valence-corrected chi connectivity index (χ2v) is 7.80. The number of H-pyrrole nitrogens is 1. The van der Waals surface area contributed by atoms with Crippen molar-refractivity contribution in [1.82, 2.24) is 4.98 Å². The summed E-state index contributed by atoms with van der Waals surface area (Å²) in [5, 5.41) is 3.24. The van der Waals surface area contributed by atoms with Crippen LogP contribution in [0.3, 0.4) is 0 Å². The highest BCUT2D eigenvalue weighted by Crippen LogP contribution is 2.22. The quantitative estimate of drug-likeness (QED) is 0.649. The smallest absolute Gasteiger partial charge is 0.272 e. The average molecular weight is 383 g/mol. The summed E-state index contributed by atoms with van der Waals surface area (Å²) in [7, 11) is -3.62. The molecule has 7 heteroatoms. The number of aromatic amines is 1. The molecular weight excluding hydrogens is 360 g/mol. The van der Waals surface area contributed by atoms with Crippen molar-refractivity contribution < 1.29 is 13.4 Å². The molecule has 0 fully saturated rings. The SMILES string of the molecule is CCN(c1ccccc1)S(=O)(=O)c1ccc(NCCc2ccccn2)[nH+]c1. The Kier molecular flexibility index (Phi) is 6.03. The van der Waals surface area contributed by atoms with Crippen LogP contribution < -0.4 is 14.6 Å². The summed E-state index contributed by atoms with van der Waals surface area (Å²) in [6, 6.07) is 18.3. The first kappa shape index (κ1) is 18.8. The molecule has 0 amide bonds. The first-order valence-corrected chi connectivity index (χ1v) is 10.3. The van der Waals surface area contributed by atoms with Gasteiger partial charge in [-0.2, -0.15) is 0 Å². The Labute approximate surface area is 160 Å². The molecule has 0 radical (unpaired) electrons. The van der Waals surface area contributed by atoms with Gasteiger partial charge >= 0.3 is 0 Å². The summed E-state index contributed by atoms with van der Waals surface area (Å²) in [4.78, 5) is 7.53. The van der Waals surface area contributed by atoms with Crippen molar-refractivity contribution >= 4 is 21.5 Å². The van der Waals surface area contributed by atoms with Gasteiger partial charge in [-0.1, -0.05) is 24.3 Å². The zero-order valence-electron chi connectivity index (χ0n) is 15.2. The van der Waals surface area contributed by atoms with Crippen molar-refractivity contribution in [1.29, 1.82) is 0 Å². The summed E-state index contributed by atoms with van der Waals surface area (Å²) in [5.41, 5.74) is 1.66. The molecule has 2 aromatic heterocycles. The van der Waals surface area contributed by atoms with Gasteiger partial charge in [-0.05, 0) is 37.3 Å². The molecule has 2 N–H and O–H groups in total. The fraction of sp³-hybridized carbons (Fsp3) is 0.200. The Morgan fingerprint density at radius 2 is 1.81 bits per heavy atom. The number of anilines is 2. The number of hydrogen-bond donors (Lipinski definition) is 1. The number of nitrogens with one attached hydrogen (secondary N) is 2. The van der Waals surface area contributed by atoms with E-state index < -0.39 is 10.0 Å². The molecule has 0 saturated carbocycles. The number of pyridine rings is 2. The van der Waals surface area contributed by atoms with Crippen molar-refractivity contribution in [3.8, 4) is 0 Å². The van der Waals surface area contributed by atoms with Crippen LogP contribution in [0, 0.1) is 0 Å². The number of aromatic nitrogens is 2.